The van der Waals surface area contributed by atoms with E-state index in [0.29, 0.717) is 22.1 Å². The molecule has 1 aliphatic rings. The van der Waals surface area contributed by atoms with Crippen LogP contribution in [0.5, 0.6) is 5.75 Å². The largest absolute Gasteiger partial charge is 0.497 e. The third kappa shape index (κ3) is 4.12. The van der Waals surface area contributed by atoms with Crippen molar-refractivity contribution in [1.29, 1.82) is 0 Å². The monoisotopic (exact) mass is 386 g/mol. The van der Waals surface area contributed by atoms with Gasteiger partial charge >= 0.3 is 0 Å². The van der Waals surface area contributed by atoms with Gasteiger partial charge in [-0.05, 0) is 24.3 Å². The minimum Gasteiger partial charge on any atom is -0.497 e. The first kappa shape index (κ1) is 18.9. The van der Waals surface area contributed by atoms with Gasteiger partial charge in [0.05, 0.1) is 25.9 Å². The van der Waals surface area contributed by atoms with Gasteiger partial charge in [0.25, 0.3) is 0 Å². The Balaban J connectivity index is 1.88. The first-order chi connectivity index (χ1) is 13.0. The molecule has 0 spiro atoms. The van der Waals surface area contributed by atoms with Crippen molar-refractivity contribution in [3.8, 4) is 5.75 Å². The fourth-order valence-electron chi connectivity index (χ4n) is 2.80. The number of para-hydroxylation sites is 1. The highest BCUT2D eigenvalue weighted by molar-refractivity contribution is 8.01. The van der Waals surface area contributed by atoms with Crippen LogP contribution in [-0.4, -0.2) is 53.8 Å². The number of thioether (sulfide) groups is 1. The van der Waals surface area contributed by atoms with Gasteiger partial charge < -0.3 is 9.64 Å². The number of benzene rings is 2. The second kappa shape index (κ2) is 8.24. The lowest BCUT2D eigenvalue weighted by atomic mass is 10.1. The van der Waals surface area contributed by atoms with Crippen LogP contribution in [-0.2, 0) is 9.59 Å². The van der Waals surface area contributed by atoms with Crippen LogP contribution in [0.25, 0.3) is 0 Å². The molecule has 140 valence electrons. The quantitative estimate of drug-likeness (QED) is 0.340. The number of hydroxylamine groups is 2. The Morgan fingerprint density at radius 3 is 2.81 bits per heavy atom. The van der Waals surface area contributed by atoms with Crippen LogP contribution < -0.4 is 9.64 Å². The number of fused-ring (bicyclic) bond motifs is 1. The number of ketones is 1. The third-order valence-corrected chi connectivity index (χ3v) is 5.37. The van der Waals surface area contributed by atoms with Gasteiger partial charge in [0.15, 0.2) is 5.78 Å². The lowest BCUT2D eigenvalue weighted by molar-refractivity contribution is -0.150. The van der Waals surface area contributed by atoms with E-state index in [1.807, 2.05) is 12.1 Å². The van der Waals surface area contributed by atoms with Crippen molar-refractivity contribution in [1.82, 2.24) is 5.06 Å². The maximum atomic E-state index is 12.9. The highest BCUT2D eigenvalue weighted by atomic mass is 32.2. The summed E-state index contributed by atoms with van der Waals surface area (Å²) < 4.78 is 5.14. The molecule has 7 nitrogen and oxygen atoms in total. The Bertz CT molecular complexity index is 873. The first-order valence-corrected chi connectivity index (χ1v) is 9.06. The Labute approximate surface area is 160 Å². The van der Waals surface area contributed by atoms with Crippen molar-refractivity contribution >= 4 is 35.5 Å². The molecule has 1 N–H and O–H groups in total. The zero-order valence-corrected chi connectivity index (χ0v) is 15.4. The summed E-state index contributed by atoms with van der Waals surface area (Å²) in [5.74, 6) is -0.0173. The van der Waals surface area contributed by atoms with Crippen LogP contribution in [0.15, 0.2) is 53.4 Å². The number of ether oxygens (including phenoxy) is 1. The van der Waals surface area contributed by atoms with Crippen molar-refractivity contribution in [3.05, 3.63) is 54.1 Å². The minimum atomic E-state index is -0.701. The maximum Gasteiger partial charge on any atom is 0.242 e. The summed E-state index contributed by atoms with van der Waals surface area (Å²) in [6.45, 7) is -0.308. The lowest BCUT2D eigenvalue weighted by Gasteiger charge is -2.33. The van der Waals surface area contributed by atoms with Crippen LogP contribution in [0.4, 0.5) is 5.69 Å². The first-order valence-electron chi connectivity index (χ1n) is 8.18. The zero-order chi connectivity index (χ0) is 19.4. The van der Waals surface area contributed by atoms with Crippen LogP contribution in [0.3, 0.4) is 0 Å². The van der Waals surface area contributed by atoms with Crippen LogP contribution in [0.1, 0.15) is 10.4 Å². The number of anilines is 1. The Morgan fingerprint density at radius 1 is 1.30 bits per heavy atom. The Morgan fingerprint density at radius 2 is 2.07 bits per heavy atom. The van der Waals surface area contributed by atoms with Gasteiger partial charge in [-0.15, -0.1) is 11.8 Å². The molecule has 2 amide bonds. The average Bonchev–Trinajstić information content (AvgIpc) is 2.70. The molecule has 8 heteroatoms. The summed E-state index contributed by atoms with van der Waals surface area (Å²) in [5.41, 5.74) is 1.07. The maximum absolute atomic E-state index is 12.9. The van der Waals surface area contributed by atoms with E-state index in [-0.39, 0.29) is 31.2 Å². The van der Waals surface area contributed by atoms with Gasteiger partial charge in [-0.2, -0.15) is 0 Å². The highest BCUT2D eigenvalue weighted by Crippen LogP contribution is 2.39. The van der Waals surface area contributed by atoms with Gasteiger partial charge in [0, 0.05) is 10.5 Å². The molecule has 1 aliphatic heterocycles. The molecule has 0 radical (unpaired) electrons. The van der Waals surface area contributed by atoms with Crippen molar-refractivity contribution in [2.24, 2.45) is 0 Å². The van der Waals surface area contributed by atoms with E-state index in [2.05, 4.69) is 0 Å². The highest BCUT2D eigenvalue weighted by Gasteiger charge is 2.35. The smallest absolute Gasteiger partial charge is 0.242 e. The predicted octanol–water partition coefficient (Wildman–Crippen LogP) is 2.23. The molecule has 0 saturated carbocycles. The average molecular weight is 386 g/mol. The van der Waals surface area contributed by atoms with E-state index in [0.717, 1.165) is 4.90 Å². The molecule has 0 saturated heterocycles. The zero-order valence-electron chi connectivity index (χ0n) is 14.6. The molecule has 27 heavy (non-hydrogen) atoms. The van der Waals surface area contributed by atoms with E-state index in [1.54, 1.807) is 36.4 Å². The molecular weight excluding hydrogens is 368 g/mol. The van der Waals surface area contributed by atoms with Crippen molar-refractivity contribution < 1.29 is 24.3 Å². The molecule has 1 heterocycles. The van der Waals surface area contributed by atoms with Gasteiger partial charge in [-0.25, -0.2) is 5.06 Å². The lowest BCUT2D eigenvalue weighted by Crippen LogP contribution is -2.47. The molecular formula is C19H18N2O5S. The van der Waals surface area contributed by atoms with Gasteiger partial charge in [0.1, 0.15) is 11.0 Å². The standard InChI is InChI=1S/C19H18N2O5S/c1-26-14-6-4-5-13(9-14)16(23)10-21-15-7-2-3-8-17(15)27-18(19(21)24)11-20(25)12-22/h2-9,12,18,25H,10-11H2,1H3. The third-order valence-electron chi connectivity index (χ3n) is 4.13. The number of amides is 2. The number of hydrogen-bond donors (Lipinski definition) is 1. The SMILES string of the molecule is COc1cccc(C(=O)CN2C(=O)C(CN(O)C=O)Sc3ccccc32)c1. The Hall–Kier alpha value is -2.84. The molecule has 1 unspecified atom stereocenters. The van der Waals surface area contributed by atoms with E-state index in [9.17, 15) is 19.6 Å². The summed E-state index contributed by atoms with van der Waals surface area (Å²) in [6.07, 6.45) is 0.250. The normalized spacial score (nSPS) is 15.9. The second-order valence-electron chi connectivity index (χ2n) is 5.88. The molecule has 1 atom stereocenters. The van der Waals surface area contributed by atoms with E-state index < -0.39 is 5.25 Å². The second-order valence-corrected chi connectivity index (χ2v) is 7.13. The van der Waals surface area contributed by atoms with Crippen molar-refractivity contribution in [2.45, 2.75) is 10.1 Å². The molecule has 0 bridgehead atoms. The number of methoxy groups -OCH3 is 1. The fraction of sp³-hybridized carbons (Fsp3) is 0.211. The molecule has 0 aliphatic carbocycles. The molecule has 2 aromatic rings. The topological polar surface area (TPSA) is 87.2 Å². The number of nitrogens with zero attached hydrogens (tertiary/aromatic N) is 2. The van der Waals surface area contributed by atoms with Gasteiger partial charge in [0.2, 0.25) is 12.3 Å². The van der Waals surface area contributed by atoms with Crippen LogP contribution in [0.2, 0.25) is 0 Å². The summed E-state index contributed by atoms with van der Waals surface area (Å²) in [4.78, 5) is 38.6. The van der Waals surface area contributed by atoms with Gasteiger partial charge in [-0.1, -0.05) is 24.3 Å². The summed E-state index contributed by atoms with van der Waals surface area (Å²) >= 11 is 1.26. The van der Waals surface area contributed by atoms with E-state index in [4.69, 9.17) is 4.74 Å². The summed E-state index contributed by atoms with van der Waals surface area (Å²) in [6, 6.07) is 14.0. The van der Waals surface area contributed by atoms with Crippen molar-refractivity contribution in [2.75, 3.05) is 25.1 Å². The molecule has 2 aromatic carbocycles. The number of carbonyl (C=O) groups is 3. The number of rotatable bonds is 7. The van der Waals surface area contributed by atoms with Crippen LogP contribution in [0, 0.1) is 0 Å². The minimum absolute atomic E-state index is 0.146. The summed E-state index contributed by atoms with van der Waals surface area (Å²) in [5, 5.41) is 9.22. The fourth-order valence-corrected chi connectivity index (χ4v) is 4.02. The molecule has 0 fully saturated rings. The van der Waals surface area contributed by atoms with E-state index in [1.165, 1.54) is 23.8 Å². The molecule has 0 aromatic heterocycles. The van der Waals surface area contributed by atoms with E-state index >= 15 is 0 Å². The van der Waals surface area contributed by atoms with Crippen molar-refractivity contribution in [3.63, 3.8) is 0 Å². The van der Waals surface area contributed by atoms with Gasteiger partial charge in [-0.3, -0.25) is 19.6 Å². The number of Topliss-reactive ketones (excluding diaryl/α,β-unsaturated/α-hetero) is 1. The molecule has 3 rings (SSSR count). The van der Waals surface area contributed by atoms with Crippen LogP contribution >= 0.6 is 11.8 Å². The number of carbonyl (C=O) groups excluding carboxylic acids is 3. The predicted molar refractivity (Wildman–Crippen MR) is 100 cm³/mol. The number of hydrogen-bond acceptors (Lipinski definition) is 6. The Kier molecular flexibility index (Phi) is 5.78. The summed E-state index contributed by atoms with van der Waals surface area (Å²) in [7, 11) is 1.52.